The van der Waals surface area contributed by atoms with Crippen LogP contribution in [0.25, 0.3) is 10.9 Å². The molecular formula is C14H13FN4S. The maximum Gasteiger partial charge on any atom is 0.149 e. The second-order valence-corrected chi connectivity index (χ2v) is 5.75. The van der Waals surface area contributed by atoms with Crippen molar-refractivity contribution in [3.05, 3.63) is 45.9 Å². The van der Waals surface area contributed by atoms with E-state index in [1.165, 1.54) is 17.3 Å². The third-order valence-electron chi connectivity index (χ3n) is 3.10. The molecule has 0 spiro atoms. The van der Waals surface area contributed by atoms with Gasteiger partial charge in [0.05, 0.1) is 12.2 Å². The van der Waals surface area contributed by atoms with Crippen molar-refractivity contribution in [2.45, 2.75) is 20.4 Å². The number of hydrogen-bond acceptors (Lipinski definition) is 5. The Morgan fingerprint density at radius 1 is 1.25 bits per heavy atom. The van der Waals surface area contributed by atoms with Crippen LogP contribution in [0.3, 0.4) is 0 Å². The predicted octanol–water partition coefficient (Wildman–Crippen LogP) is 3.45. The van der Waals surface area contributed by atoms with E-state index in [1.807, 2.05) is 13.8 Å². The predicted molar refractivity (Wildman–Crippen MR) is 78.4 cm³/mol. The number of hydrogen-bond donors (Lipinski definition) is 1. The molecule has 0 unspecified atom stereocenters. The number of rotatable bonds is 3. The van der Waals surface area contributed by atoms with Gasteiger partial charge in [0, 0.05) is 10.3 Å². The second-order valence-electron chi connectivity index (χ2n) is 4.46. The molecule has 2 aromatic heterocycles. The number of para-hydroxylation sites is 1. The number of nitrogens with zero attached hydrogens (tertiary/aromatic N) is 3. The molecular weight excluding hydrogens is 275 g/mol. The minimum Gasteiger partial charge on any atom is -0.363 e. The van der Waals surface area contributed by atoms with E-state index in [4.69, 9.17) is 0 Å². The van der Waals surface area contributed by atoms with Gasteiger partial charge in [0.2, 0.25) is 0 Å². The fraction of sp³-hybridized carbons (Fsp3) is 0.214. The van der Waals surface area contributed by atoms with E-state index in [1.54, 1.807) is 23.5 Å². The molecule has 20 heavy (non-hydrogen) atoms. The zero-order chi connectivity index (χ0) is 14.1. The number of aryl methyl sites for hydroxylation is 2. The summed E-state index contributed by atoms with van der Waals surface area (Å²) in [4.78, 5) is 13.8. The molecule has 0 saturated carbocycles. The number of halogens is 1. The normalized spacial score (nSPS) is 10.9. The Balaban J connectivity index is 1.89. The summed E-state index contributed by atoms with van der Waals surface area (Å²) in [6.07, 6.45) is 1.37. The summed E-state index contributed by atoms with van der Waals surface area (Å²) in [7, 11) is 0. The Labute approximate surface area is 119 Å². The molecule has 1 N–H and O–H groups in total. The third-order valence-corrected chi connectivity index (χ3v) is 4.17. The molecule has 0 saturated heterocycles. The van der Waals surface area contributed by atoms with Crippen LogP contribution >= 0.6 is 11.3 Å². The lowest BCUT2D eigenvalue weighted by atomic mass is 10.2. The van der Waals surface area contributed by atoms with Crippen molar-refractivity contribution >= 4 is 28.1 Å². The van der Waals surface area contributed by atoms with Gasteiger partial charge in [-0.3, -0.25) is 0 Å². The average molecular weight is 288 g/mol. The Morgan fingerprint density at radius 2 is 2.10 bits per heavy atom. The molecule has 0 aliphatic rings. The van der Waals surface area contributed by atoms with Crippen molar-refractivity contribution in [2.75, 3.05) is 5.32 Å². The van der Waals surface area contributed by atoms with E-state index < -0.39 is 0 Å². The van der Waals surface area contributed by atoms with Gasteiger partial charge in [-0.15, -0.1) is 11.3 Å². The lowest BCUT2D eigenvalue weighted by Gasteiger charge is -2.06. The highest BCUT2D eigenvalue weighted by Gasteiger charge is 2.08. The van der Waals surface area contributed by atoms with Gasteiger partial charge in [-0.2, -0.15) is 0 Å². The molecule has 1 aromatic carbocycles. The van der Waals surface area contributed by atoms with Crippen molar-refractivity contribution in [1.29, 1.82) is 0 Å². The average Bonchev–Trinajstić information content (AvgIpc) is 2.76. The number of anilines is 1. The van der Waals surface area contributed by atoms with Crippen LogP contribution in [0.4, 0.5) is 10.2 Å². The molecule has 6 heteroatoms. The van der Waals surface area contributed by atoms with Crippen molar-refractivity contribution in [3.63, 3.8) is 0 Å². The van der Waals surface area contributed by atoms with Crippen molar-refractivity contribution in [3.8, 4) is 0 Å². The van der Waals surface area contributed by atoms with Crippen LogP contribution in [0.1, 0.15) is 15.6 Å². The molecule has 3 aromatic rings. The molecule has 0 radical (unpaired) electrons. The van der Waals surface area contributed by atoms with Crippen LogP contribution in [0.2, 0.25) is 0 Å². The lowest BCUT2D eigenvalue weighted by molar-refractivity contribution is 0.636. The van der Waals surface area contributed by atoms with E-state index >= 15 is 0 Å². The van der Waals surface area contributed by atoms with Crippen LogP contribution in [0, 0.1) is 19.7 Å². The van der Waals surface area contributed by atoms with Gasteiger partial charge in [-0.1, -0.05) is 6.07 Å². The zero-order valence-corrected chi connectivity index (χ0v) is 12.0. The van der Waals surface area contributed by atoms with Gasteiger partial charge in [0.1, 0.15) is 28.5 Å². The van der Waals surface area contributed by atoms with Crippen LogP contribution in [-0.4, -0.2) is 15.0 Å². The smallest absolute Gasteiger partial charge is 0.149 e. The Kier molecular flexibility index (Phi) is 3.31. The summed E-state index contributed by atoms with van der Waals surface area (Å²) < 4.78 is 13.7. The highest BCUT2D eigenvalue weighted by Crippen LogP contribution is 2.23. The molecule has 0 atom stereocenters. The number of thiazole rings is 1. The first-order valence-electron chi connectivity index (χ1n) is 6.21. The van der Waals surface area contributed by atoms with Crippen LogP contribution in [0.15, 0.2) is 24.5 Å². The van der Waals surface area contributed by atoms with Crippen molar-refractivity contribution in [2.24, 2.45) is 0 Å². The van der Waals surface area contributed by atoms with Crippen LogP contribution < -0.4 is 5.32 Å². The van der Waals surface area contributed by atoms with E-state index in [2.05, 4.69) is 20.3 Å². The largest absolute Gasteiger partial charge is 0.363 e. The third kappa shape index (κ3) is 2.34. The highest BCUT2D eigenvalue weighted by atomic mass is 32.1. The molecule has 2 heterocycles. The summed E-state index contributed by atoms with van der Waals surface area (Å²) in [5.41, 5.74) is 1.38. The standard InChI is InChI=1S/C14H13FN4S/c1-8-9(2)20-12(19-8)6-16-14-10-4-3-5-11(15)13(10)17-7-18-14/h3-5,7H,6H2,1-2H3,(H,16,17,18). The van der Waals surface area contributed by atoms with E-state index in [9.17, 15) is 4.39 Å². The molecule has 3 rings (SSSR count). The van der Waals surface area contributed by atoms with Crippen LogP contribution in [-0.2, 0) is 6.54 Å². The van der Waals surface area contributed by atoms with Gasteiger partial charge >= 0.3 is 0 Å². The van der Waals surface area contributed by atoms with Gasteiger partial charge in [-0.05, 0) is 26.0 Å². The molecule has 0 aliphatic carbocycles. The Hall–Kier alpha value is -2.08. The minimum absolute atomic E-state index is 0.330. The SMILES string of the molecule is Cc1nc(CNc2ncnc3c(F)cccc23)sc1C. The monoisotopic (exact) mass is 288 g/mol. The summed E-state index contributed by atoms with van der Waals surface area (Å²) >= 11 is 1.65. The molecule has 4 nitrogen and oxygen atoms in total. The summed E-state index contributed by atoms with van der Waals surface area (Å²) in [6.45, 7) is 4.61. The van der Waals surface area contributed by atoms with Crippen LogP contribution in [0.5, 0.6) is 0 Å². The maximum atomic E-state index is 13.7. The Morgan fingerprint density at radius 3 is 2.85 bits per heavy atom. The van der Waals surface area contributed by atoms with Gasteiger partial charge in [0.15, 0.2) is 0 Å². The van der Waals surface area contributed by atoms with E-state index in [-0.39, 0.29) is 5.82 Å². The van der Waals surface area contributed by atoms with E-state index in [0.717, 1.165) is 10.7 Å². The first kappa shape index (κ1) is 12.9. The summed E-state index contributed by atoms with van der Waals surface area (Å²) in [5, 5.41) is 4.87. The number of nitrogens with one attached hydrogen (secondary N) is 1. The summed E-state index contributed by atoms with van der Waals surface area (Å²) in [5.74, 6) is 0.286. The first-order valence-corrected chi connectivity index (χ1v) is 7.03. The first-order chi connectivity index (χ1) is 9.65. The molecule has 0 amide bonds. The molecule has 0 aliphatic heterocycles. The zero-order valence-electron chi connectivity index (χ0n) is 11.1. The fourth-order valence-electron chi connectivity index (χ4n) is 1.97. The highest BCUT2D eigenvalue weighted by molar-refractivity contribution is 7.11. The Bertz CT molecular complexity index is 749. The fourth-order valence-corrected chi connectivity index (χ4v) is 2.84. The van der Waals surface area contributed by atoms with Gasteiger partial charge in [0.25, 0.3) is 0 Å². The quantitative estimate of drug-likeness (QED) is 0.802. The number of fused-ring (bicyclic) bond motifs is 1. The van der Waals surface area contributed by atoms with Gasteiger partial charge < -0.3 is 5.32 Å². The molecule has 0 bridgehead atoms. The van der Waals surface area contributed by atoms with E-state index in [0.29, 0.717) is 23.3 Å². The molecule has 102 valence electrons. The number of benzene rings is 1. The molecule has 0 fully saturated rings. The second kappa shape index (κ2) is 5.13. The maximum absolute atomic E-state index is 13.7. The topological polar surface area (TPSA) is 50.7 Å². The number of aromatic nitrogens is 3. The summed E-state index contributed by atoms with van der Waals surface area (Å²) in [6, 6.07) is 4.86. The van der Waals surface area contributed by atoms with Crippen molar-refractivity contribution in [1.82, 2.24) is 15.0 Å². The minimum atomic E-state index is -0.339. The van der Waals surface area contributed by atoms with Crippen molar-refractivity contribution < 1.29 is 4.39 Å². The lowest BCUT2D eigenvalue weighted by Crippen LogP contribution is -2.02. The van der Waals surface area contributed by atoms with Gasteiger partial charge in [-0.25, -0.2) is 19.3 Å².